The van der Waals surface area contributed by atoms with Crippen molar-refractivity contribution < 1.29 is 63.5 Å². The SMILES string of the molecule is CC(=O)OC[C@]12C[C@H](OC(=O)CC(C)C)C(C)=C[C@H]1O[C@@H]1[C@H](O[C@@H]3O[C@H](CO)[C@@H](O)[C@H](O)[C@H]3O)[C@@H](O)[C@@]2(C)[C@]12CO2. The second-order valence-electron chi connectivity index (χ2n) is 12.7. The average Bonchev–Trinajstić information content (AvgIpc) is 3.69. The molecule has 3 heterocycles. The van der Waals surface area contributed by atoms with Crippen molar-refractivity contribution in [2.75, 3.05) is 19.8 Å². The monoisotopic (exact) mass is 586 g/mol. The molecule has 0 aromatic carbocycles. The van der Waals surface area contributed by atoms with Crippen molar-refractivity contribution in [2.45, 2.75) is 114 Å². The van der Waals surface area contributed by atoms with Gasteiger partial charge in [-0.1, -0.05) is 26.8 Å². The van der Waals surface area contributed by atoms with E-state index in [1.165, 1.54) is 6.92 Å². The molecule has 2 aliphatic carbocycles. The van der Waals surface area contributed by atoms with E-state index in [-0.39, 0.29) is 37.9 Å². The molecule has 0 aromatic heterocycles. The number of hydrogen-bond acceptors (Lipinski definition) is 13. The van der Waals surface area contributed by atoms with Gasteiger partial charge in [0.1, 0.15) is 54.9 Å². The second kappa shape index (κ2) is 10.8. The lowest BCUT2D eigenvalue weighted by molar-refractivity contribution is -0.322. The molecule has 0 radical (unpaired) electrons. The smallest absolute Gasteiger partial charge is 0.306 e. The van der Waals surface area contributed by atoms with E-state index in [4.69, 9.17) is 28.4 Å². The van der Waals surface area contributed by atoms with E-state index in [0.717, 1.165) is 5.57 Å². The number of esters is 2. The standard InChI is InChI=1S/C28H42O13/c1-12(2)6-18(31)38-15-8-27(10-36-14(4)30)17(7-13(15)3)40-24-22(23(35)26(27,5)28(24)11-37-28)41-25-21(34)20(33)19(32)16(9-29)39-25/h7,12,15-17,19-25,29,32-35H,6,8-11H2,1-5H3/t15-,16+,17+,19+,20-,21+,22+,23+,24+,25-,26+,27+,28-/m0/s1. The molecule has 13 nitrogen and oxygen atoms in total. The van der Waals surface area contributed by atoms with Crippen molar-refractivity contribution in [3.05, 3.63) is 11.6 Å². The highest BCUT2D eigenvalue weighted by molar-refractivity contribution is 5.70. The number of epoxide rings is 1. The number of carbonyl (C=O) groups excluding carboxylic acids is 2. The Balaban J connectivity index is 1.50. The average molecular weight is 587 g/mol. The van der Waals surface area contributed by atoms with E-state index in [1.54, 1.807) is 0 Å². The van der Waals surface area contributed by atoms with Crippen LogP contribution in [0.3, 0.4) is 0 Å². The van der Waals surface area contributed by atoms with Gasteiger partial charge in [0.05, 0.1) is 25.4 Å². The van der Waals surface area contributed by atoms with Gasteiger partial charge in [0.15, 0.2) is 6.29 Å². The highest BCUT2D eigenvalue weighted by Crippen LogP contribution is 2.72. The first-order valence-electron chi connectivity index (χ1n) is 14.2. The van der Waals surface area contributed by atoms with Crippen molar-refractivity contribution in [1.82, 2.24) is 0 Å². The van der Waals surface area contributed by atoms with Crippen LogP contribution in [0.1, 0.15) is 47.5 Å². The van der Waals surface area contributed by atoms with Crippen LogP contribution in [0.5, 0.6) is 0 Å². The quantitative estimate of drug-likeness (QED) is 0.131. The van der Waals surface area contributed by atoms with Gasteiger partial charge < -0.3 is 54.0 Å². The molecule has 5 N–H and O–H groups in total. The minimum absolute atomic E-state index is 0.0922. The third-order valence-electron chi connectivity index (χ3n) is 9.86. The third kappa shape index (κ3) is 4.64. The van der Waals surface area contributed by atoms with E-state index >= 15 is 0 Å². The summed E-state index contributed by atoms with van der Waals surface area (Å²) < 4.78 is 35.8. The van der Waals surface area contributed by atoms with Crippen molar-refractivity contribution >= 4 is 11.9 Å². The van der Waals surface area contributed by atoms with E-state index < -0.39 is 90.2 Å². The predicted molar refractivity (Wildman–Crippen MR) is 137 cm³/mol. The van der Waals surface area contributed by atoms with Crippen LogP contribution in [0, 0.1) is 16.7 Å². The highest BCUT2D eigenvalue weighted by atomic mass is 16.7. The minimum atomic E-state index is -1.69. The molecule has 1 spiro atoms. The first-order valence-corrected chi connectivity index (χ1v) is 14.2. The first-order chi connectivity index (χ1) is 19.2. The van der Waals surface area contributed by atoms with Gasteiger partial charge in [-0.3, -0.25) is 9.59 Å². The zero-order valence-corrected chi connectivity index (χ0v) is 24.0. The fraction of sp³-hybridized carbons (Fsp3) is 0.857. The lowest BCUT2D eigenvalue weighted by atomic mass is 9.51. The predicted octanol–water partition coefficient (Wildman–Crippen LogP) is -1.05. The fourth-order valence-electron chi connectivity index (χ4n) is 7.38. The minimum Gasteiger partial charge on any atom is -0.465 e. The van der Waals surface area contributed by atoms with E-state index in [2.05, 4.69) is 0 Å². The Morgan fingerprint density at radius 3 is 2.39 bits per heavy atom. The largest absolute Gasteiger partial charge is 0.465 e. The lowest BCUT2D eigenvalue weighted by Gasteiger charge is -2.58. The summed E-state index contributed by atoms with van der Waals surface area (Å²) in [6.45, 7) is 8.15. The summed E-state index contributed by atoms with van der Waals surface area (Å²) >= 11 is 0. The molecule has 4 fully saturated rings. The van der Waals surface area contributed by atoms with Gasteiger partial charge >= 0.3 is 11.9 Å². The molecule has 0 amide bonds. The maximum atomic E-state index is 12.7. The highest BCUT2D eigenvalue weighted by Gasteiger charge is 2.85. The van der Waals surface area contributed by atoms with Crippen LogP contribution < -0.4 is 0 Å². The van der Waals surface area contributed by atoms with Gasteiger partial charge in [0.2, 0.25) is 0 Å². The van der Waals surface area contributed by atoms with Crippen LogP contribution in [0.4, 0.5) is 0 Å². The van der Waals surface area contributed by atoms with Crippen molar-refractivity contribution in [2.24, 2.45) is 16.7 Å². The summed E-state index contributed by atoms with van der Waals surface area (Å²) in [6.07, 6.45) is -10.1. The molecule has 13 heteroatoms. The number of rotatable bonds is 8. The first kappa shape index (κ1) is 30.8. The molecule has 41 heavy (non-hydrogen) atoms. The Hall–Kier alpha value is -1.68. The normalized spacial score (nSPS) is 48.5. The molecule has 3 aliphatic heterocycles. The summed E-state index contributed by atoms with van der Waals surface area (Å²) in [7, 11) is 0. The van der Waals surface area contributed by atoms with E-state index in [9.17, 15) is 35.1 Å². The number of aliphatic hydroxyl groups excluding tert-OH is 5. The topological polar surface area (TPSA) is 194 Å². The molecule has 0 unspecified atom stereocenters. The fourth-order valence-corrected chi connectivity index (χ4v) is 7.38. The Kier molecular flexibility index (Phi) is 8.10. The molecule has 0 aromatic rings. The molecule has 1 saturated carbocycles. The summed E-state index contributed by atoms with van der Waals surface area (Å²) in [5.41, 5.74) is -2.59. The maximum Gasteiger partial charge on any atom is 0.306 e. The van der Waals surface area contributed by atoms with Gasteiger partial charge in [-0.05, 0) is 18.4 Å². The van der Waals surface area contributed by atoms with Crippen molar-refractivity contribution in [3.63, 3.8) is 0 Å². The summed E-state index contributed by atoms with van der Waals surface area (Å²) in [6, 6.07) is 0. The Labute approximate surface area is 238 Å². The van der Waals surface area contributed by atoms with Gasteiger partial charge in [-0.2, -0.15) is 0 Å². The Morgan fingerprint density at radius 1 is 1.12 bits per heavy atom. The number of fused-ring (bicyclic) bond motifs is 2. The third-order valence-corrected chi connectivity index (χ3v) is 9.86. The van der Waals surface area contributed by atoms with Crippen LogP contribution in [0.15, 0.2) is 11.6 Å². The Morgan fingerprint density at radius 2 is 1.80 bits per heavy atom. The molecular weight excluding hydrogens is 544 g/mol. The van der Waals surface area contributed by atoms with E-state index in [0.29, 0.717) is 0 Å². The van der Waals surface area contributed by atoms with Crippen LogP contribution in [0.25, 0.3) is 0 Å². The second-order valence-corrected chi connectivity index (χ2v) is 12.7. The number of carbonyl (C=O) groups is 2. The summed E-state index contributed by atoms with van der Waals surface area (Å²) in [4.78, 5) is 24.8. The van der Waals surface area contributed by atoms with Crippen LogP contribution in [-0.2, 0) is 38.0 Å². The van der Waals surface area contributed by atoms with Crippen molar-refractivity contribution in [1.29, 1.82) is 0 Å². The molecule has 13 atom stereocenters. The molecular formula is C28H42O13. The van der Waals surface area contributed by atoms with Crippen LogP contribution in [-0.4, -0.2) is 124 Å². The molecule has 2 bridgehead atoms. The van der Waals surface area contributed by atoms with E-state index in [1.807, 2.05) is 33.8 Å². The van der Waals surface area contributed by atoms with Crippen molar-refractivity contribution in [3.8, 4) is 0 Å². The molecule has 5 rings (SSSR count). The van der Waals surface area contributed by atoms with Gasteiger partial charge in [0.25, 0.3) is 0 Å². The Bertz CT molecular complexity index is 1060. The molecule has 232 valence electrons. The summed E-state index contributed by atoms with van der Waals surface area (Å²) in [5, 5.41) is 52.7. The number of aliphatic hydroxyl groups is 5. The van der Waals surface area contributed by atoms with Gasteiger partial charge in [-0.15, -0.1) is 0 Å². The number of hydrogen-bond donors (Lipinski definition) is 5. The lowest BCUT2D eigenvalue weighted by Crippen LogP contribution is -2.67. The van der Waals surface area contributed by atoms with Crippen LogP contribution >= 0.6 is 0 Å². The zero-order valence-electron chi connectivity index (χ0n) is 24.0. The zero-order chi connectivity index (χ0) is 30.1. The molecule has 3 saturated heterocycles. The maximum absolute atomic E-state index is 12.7. The van der Waals surface area contributed by atoms with Gasteiger partial charge in [-0.25, -0.2) is 0 Å². The van der Waals surface area contributed by atoms with Gasteiger partial charge in [0, 0.05) is 30.6 Å². The van der Waals surface area contributed by atoms with Crippen LogP contribution in [0.2, 0.25) is 0 Å². The molecule has 5 aliphatic rings. The number of ether oxygens (including phenoxy) is 6. The summed E-state index contributed by atoms with van der Waals surface area (Å²) in [5.74, 6) is -0.808.